The predicted octanol–water partition coefficient (Wildman–Crippen LogP) is 5.14. The van der Waals surface area contributed by atoms with Crippen LogP contribution in [0.2, 0.25) is 5.02 Å². The fourth-order valence-corrected chi connectivity index (χ4v) is 3.42. The third-order valence-electron chi connectivity index (χ3n) is 4.68. The van der Waals surface area contributed by atoms with Gasteiger partial charge >= 0.3 is 0 Å². The van der Waals surface area contributed by atoms with Crippen molar-refractivity contribution in [1.82, 2.24) is 15.0 Å². The maximum atomic E-state index is 6.06. The molecule has 3 rings (SSSR count). The van der Waals surface area contributed by atoms with Gasteiger partial charge in [-0.05, 0) is 51.0 Å². The second kappa shape index (κ2) is 10.3. The number of nitrogens with zero attached hydrogens (tertiary/aromatic N) is 4. The highest BCUT2D eigenvalue weighted by Crippen LogP contribution is 2.24. The van der Waals surface area contributed by atoms with E-state index in [-0.39, 0.29) is 0 Å². The molecule has 0 saturated heterocycles. The quantitative estimate of drug-likeness (QED) is 0.449. The Morgan fingerprint density at radius 1 is 1.03 bits per heavy atom. The van der Waals surface area contributed by atoms with Crippen LogP contribution in [-0.2, 0) is 0 Å². The number of benzene rings is 1. The summed E-state index contributed by atoms with van der Waals surface area (Å²) in [5, 5.41) is 8.71. The van der Waals surface area contributed by atoms with Gasteiger partial charge in [-0.3, -0.25) is 4.98 Å². The molecule has 0 unspecified atom stereocenters. The molecular formula is C22H29ClN6. The van der Waals surface area contributed by atoms with Crippen molar-refractivity contribution in [1.29, 1.82) is 0 Å². The van der Waals surface area contributed by atoms with E-state index in [0.717, 1.165) is 73.1 Å². The first-order valence-electron chi connectivity index (χ1n) is 10.2. The summed E-state index contributed by atoms with van der Waals surface area (Å²) in [6.07, 6.45) is 3.85. The van der Waals surface area contributed by atoms with E-state index in [0.29, 0.717) is 5.02 Å². The Bertz CT molecular complexity index is 946. The lowest BCUT2D eigenvalue weighted by molar-refractivity contribution is 0.759. The number of pyridine rings is 1. The molecule has 154 valence electrons. The summed E-state index contributed by atoms with van der Waals surface area (Å²) >= 11 is 6.06. The average molecular weight is 413 g/mol. The van der Waals surface area contributed by atoms with Crippen LogP contribution in [0, 0.1) is 6.92 Å². The molecule has 2 N–H and O–H groups in total. The zero-order chi connectivity index (χ0) is 20.6. The number of rotatable bonds is 10. The topological polar surface area (TPSA) is 66.0 Å². The number of hydrogen-bond acceptors (Lipinski definition) is 6. The molecule has 0 aliphatic heterocycles. The molecule has 0 bridgehead atoms. The van der Waals surface area contributed by atoms with Crippen LogP contribution < -0.4 is 15.5 Å². The largest absolute Gasteiger partial charge is 0.384 e. The van der Waals surface area contributed by atoms with Crippen LogP contribution in [0.5, 0.6) is 0 Å². The monoisotopic (exact) mass is 412 g/mol. The molecule has 2 aromatic heterocycles. The highest BCUT2D eigenvalue weighted by molar-refractivity contribution is 6.31. The van der Waals surface area contributed by atoms with Crippen LogP contribution in [0.3, 0.4) is 0 Å². The summed E-state index contributed by atoms with van der Waals surface area (Å²) in [6.45, 7) is 9.88. The fourth-order valence-electron chi connectivity index (χ4n) is 3.26. The summed E-state index contributed by atoms with van der Waals surface area (Å²) < 4.78 is 0. The Hall–Kier alpha value is -2.60. The van der Waals surface area contributed by atoms with Gasteiger partial charge in [0.1, 0.15) is 5.82 Å². The molecule has 0 aliphatic rings. The molecule has 29 heavy (non-hydrogen) atoms. The predicted molar refractivity (Wildman–Crippen MR) is 123 cm³/mol. The minimum Gasteiger partial charge on any atom is -0.384 e. The van der Waals surface area contributed by atoms with Crippen molar-refractivity contribution in [2.45, 2.75) is 33.6 Å². The van der Waals surface area contributed by atoms with Crippen molar-refractivity contribution < 1.29 is 0 Å². The zero-order valence-electron chi connectivity index (χ0n) is 17.4. The standard InChI is InChI=1S/C22H29ClN6/c1-4-13-29(5-2)22-27-16(3)14-21(28-22)26-11-6-10-24-19-9-12-25-20-15-17(23)7-8-18(19)20/h7-9,12,14-15H,4-6,10-11,13H2,1-3H3,(H,24,25)(H,26,27,28). The minimum atomic E-state index is 0.700. The number of hydrogen-bond donors (Lipinski definition) is 2. The van der Waals surface area contributed by atoms with Gasteiger partial charge in [-0.25, -0.2) is 4.98 Å². The Balaban J connectivity index is 1.54. The van der Waals surface area contributed by atoms with Crippen molar-refractivity contribution in [3.8, 4) is 0 Å². The van der Waals surface area contributed by atoms with Gasteiger partial charge in [0.15, 0.2) is 0 Å². The molecule has 0 spiro atoms. The molecule has 0 aliphatic carbocycles. The summed E-state index contributed by atoms with van der Waals surface area (Å²) in [4.78, 5) is 15.9. The molecule has 0 saturated carbocycles. The molecular weight excluding hydrogens is 384 g/mol. The lowest BCUT2D eigenvalue weighted by Gasteiger charge is -2.21. The van der Waals surface area contributed by atoms with Gasteiger partial charge in [-0.15, -0.1) is 0 Å². The maximum Gasteiger partial charge on any atom is 0.227 e. The number of aryl methyl sites for hydroxylation is 1. The second-order valence-electron chi connectivity index (χ2n) is 7.00. The first-order chi connectivity index (χ1) is 14.1. The molecule has 3 aromatic rings. The normalized spacial score (nSPS) is 10.9. The number of anilines is 3. The summed E-state index contributed by atoms with van der Waals surface area (Å²) in [5.41, 5.74) is 2.95. The van der Waals surface area contributed by atoms with Crippen LogP contribution in [0.25, 0.3) is 10.9 Å². The van der Waals surface area contributed by atoms with Gasteiger partial charge in [0.2, 0.25) is 5.95 Å². The molecule has 1 aromatic carbocycles. The van der Waals surface area contributed by atoms with Crippen molar-refractivity contribution in [2.75, 3.05) is 41.7 Å². The molecule has 0 atom stereocenters. The van der Waals surface area contributed by atoms with E-state index in [4.69, 9.17) is 16.6 Å². The van der Waals surface area contributed by atoms with E-state index >= 15 is 0 Å². The number of halogens is 1. The van der Waals surface area contributed by atoms with Gasteiger partial charge in [-0.2, -0.15) is 4.98 Å². The van der Waals surface area contributed by atoms with E-state index < -0.39 is 0 Å². The van der Waals surface area contributed by atoms with Crippen molar-refractivity contribution in [3.63, 3.8) is 0 Å². The maximum absolute atomic E-state index is 6.06. The highest BCUT2D eigenvalue weighted by Gasteiger charge is 2.09. The molecule has 0 amide bonds. The first kappa shape index (κ1) is 21.1. The second-order valence-corrected chi connectivity index (χ2v) is 7.44. The third kappa shape index (κ3) is 5.70. The van der Waals surface area contributed by atoms with E-state index in [1.54, 1.807) is 6.20 Å². The average Bonchev–Trinajstić information content (AvgIpc) is 2.71. The van der Waals surface area contributed by atoms with E-state index in [1.165, 1.54) is 0 Å². The van der Waals surface area contributed by atoms with Crippen LogP contribution in [0.4, 0.5) is 17.5 Å². The van der Waals surface area contributed by atoms with Gasteiger partial charge in [0, 0.05) is 60.2 Å². The Kier molecular flexibility index (Phi) is 7.47. The lowest BCUT2D eigenvalue weighted by Crippen LogP contribution is -2.26. The van der Waals surface area contributed by atoms with Gasteiger partial charge in [0.25, 0.3) is 0 Å². The van der Waals surface area contributed by atoms with Gasteiger partial charge in [-0.1, -0.05) is 18.5 Å². The molecule has 0 radical (unpaired) electrons. The lowest BCUT2D eigenvalue weighted by atomic mass is 10.2. The van der Waals surface area contributed by atoms with Crippen molar-refractivity contribution in [3.05, 3.63) is 47.2 Å². The number of fused-ring (bicyclic) bond motifs is 1. The van der Waals surface area contributed by atoms with E-state index in [9.17, 15) is 0 Å². The molecule has 7 heteroatoms. The number of nitrogens with one attached hydrogen (secondary N) is 2. The molecule has 6 nitrogen and oxygen atoms in total. The summed E-state index contributed by atoms with van der Waals surface area (Å²) in [6, 6.07) is 9.78. The van der Waals surface area contributed by atoms with Crippen LogP contribution >= 0.6 is 11.6 Å². The summed E-state index contributed by atoms with van der Waals surface area (Å²) in [5.74, 6) is 1.68. The Morgan fingerprint density at radius 2 is 1.86 bits per heavy atom. The van der Waals surface area contributed by atoms with E-state index in [2.05, 4.69) is 39.3 Å². The Labute approximate surface area is 177 Å². The van der Waals surface area contributed by atoms with Crippen LogP contribution in [0.1, 0.15) is 32.4 Å². The fraction of sp³-hybridized carbons (Fsp3) is 0.409. The van der Waals surface area contributed by atoms with Crippen LogP contribution in [0.15, 0.2) is 36.5 Å². The molecule has 0 fully saturated rings. The molecule has 2 heterocycles. The zero-order valence-corrected chi connectivity index (χ0v) is 18.1. The van der Waals surface area contributed by atoms with Gasteiger partial charge in [0.05, 0.1) is 5.52 Å². The van der Waals surface area contributed by atoms with E-state index in [1.807, 2.05) is 37.3 Å². The van der Waals surface area contributed by atoms with Gasteiger partial charge < -0.3 is 15.5 Å². The SMILES string of the molecule is CCCN(CC)c1nc(C)cc(NCCCNc2ccnc3cc(Cl)ccc23)n1. The first-order valence-corrected chi connectivity index (χ1v) is 10.6. The number of aromatic nitrogens is 3. The summed E-state index contributed by atoms with van der Waals surface area (Å²) in [7, 11) is 0. The van der Waals surface area contributed by atoms with Crippen molar-refractivity contribution >= 4 is 40.0 Å². The minimum absolute atomic E-state index is 0.700. The third-order valence-corrected chi connectivity index (χ3v) is 4.92. The Morgan fingerprint density at radius 3 is 2.66 bits per heavy atom. The highest BCUT2D eigenvalue weighted by atomic mass is 35.5. The van der Waals surface area contributed by atoms with Crippen molar-refractivity contribution in [2.24, 2.45) is 0 Å². The van der Waals surface area contributed by atoms with Crippen LogP contribution in [-0.4, -0.2) is 41.1 Å². The smallest absolute Gasteiger partial charge is 0.227 e.